The van der Waals surface area contributed by atoms with Crippen LogP contribution in [0.3, 0.4) is 0 Å². The van der Waals surface area contributed by atoms with Gasteiger partial charge < -0.3 is 4.98 Å². The van der Waals surface area contributed by atoms with Crippen molar-refractivity contribution in [3.05, 3.63) is 40.8 Å². The molecular weight excluding hydrogens is 306 g/mol. The third-order valence-electron chi connectivity index (χ3n) is 2.21. The number of imidazole rings is 1. The van der Waals surface area contributed by atoms with Crippen molar-refractivity contribution in [3.8, 4) is 0 Å². The number of aryl methyl sites for hydroxylation is 1. The summed E-state index contributed by atoms with van der Waals surface area (Å²) in [4.78, 5) is 6.24. The number of aromatic amines is 1. The largest absolute Gasteiger partial charge is 0.334 e. The van der Waals surface area contributed by atoms with E-state index in [1.54, 1.807) is 6.07 Å². The molecule has 0 fully saturated rings. The van der Waals surface area contributed by atoms with Crippen molar-refractivity contribution in [3.63, 3.8) is 0 Å². The summed E-state index contributed by atoms with van der Waals surface area (Å²) in [6.45, 7) is 1.83. The second kappa shape index (κ2) is 4.50. The zero-order valence-electron chi connectivity index (χ0n) is 8.94. The Kier molecular flexibility index (Phi) is 3.21. The zero-order chi connectivity index (χ0) is 12.5. The molecule has 0 aliphatic rings. The van der Waals surface area contributed by atoms with E-state index in [0.717, 1.165) is 10.0 Å². The molecule has 0 radical (unpaired) electrons. The zero-order valence-corrected chi connectivity index (χ0v) is 11.3. The monoisotopic (exact) mass is 315 g/mol. The van der Waals surface area contributed by atoms with Crippen molar-refractivity contribution in [2.75, 3.05) is 4.72 Å². The van der Waals surface area contributed by atoms with Crippen molar-refractivity contribution in [1.82, 2.24) is 9.97 Å². The lowest BCUT2D eigenvalue weighted by Gasteiger charge is -2.09. The Morgan fingerprint density at radius 1 is 1.41 bits per heavy atom. The lowest BCUT2D eigenvalue weighted by Crippen LogP contribution is -2.14. The van der Waals surface area contributed by atoms with Crippen LogP contribution in [0.25, 0.3) is 0 Å². The van der Waals surface area contributed by atoms with Crippen molar-refractivity contribution in [1.29, 1.82) is 0 Å². The van der Waals surface area contributed by atoms with Crippen LogP contribution in [0.5, 0.6) is 0 Å². The van der Waals surface area contributed by atoms with Crippen LogP contribution in [-0.2, 0) is 10.0 Å². The summed E-state index contributed by atoms with van der Waals surface area (Å²) in [6, 6.07) is 5.39. The van der Waals surface area contributed by atoms with Gasteiger partial charge in [0.25, 0.3) is 10.0 Å². The number of benzene rings is 1. The van der Waals surface area contributed by atoms with Gasteiger partial charge in [0.05, 0.1) is 18.2 Å². The highest BCUT2D eigenvalue weighted by molar-refractivity contribution is 9.10. The first-order valence-corrected chi connectivity index (χ1v) is 7.04. The molecule has 2 N–H and O–H groups in total. The number of rotatable bonds is 3. The molecule has 0 saturated carbocycles. The molecule has 0 aliphatic heterocycles. The van der Waals surface area contributed by atoms with E-state index >= 15 is 0 Å². The van der Waals surface area contributed by atoms with Crippen LogP contribution in [0.15, 0.2) is 40.2 Å². The third-order valence-corrected chi connectivity index (χ3v) is 3.99. The topological polar surface area (TPSA) is 74.8 Å². The van der Waals surface area contributed by atoms with E-state index in [2.05, 4.69) is 30.6 Å². The molecule has 7 heteroatoms. The lowest BCUT2D eigenvalue weighted by atomic mass is 10.2. The maximum absolute atomic E-state index is 11.9. The second-order valence-electron chi connectivity index (χ2n) is 3.48. The lowest BCUT2D eigenvalue weighted by molar-refractivity contribution is 0.598. The average Bonchev–Trinajstić information content (AvgIpc) is 2.77. The molecule has 0 atom stereocenters. The van der Waals surface area contributed by atoms with Crippen molar-refractivity contribution < 1.29 is 8.42 Å². The highest BCUT2D eigenvalue weighted by Crippen LogP contribution is 2.22. The van der Waals surface area contributed by atoms with Gasteiger partial charge in [0.2, 0.25) is 0 Å². The number of sulfonamides is 1. The fourth-order valence-corrected chi connectivity index (χ4v) is 2.68. The summed E-state index contributed by atoms with van der Waals surface area (Å²) < 4.78 is 27.2. The maximum Gasteiger partial charge on any atom is 0.278 e. The summed E-state index contributed by atoms with van der Waals surface area (Å²) >= 11 is 3.30. The van der Waals surface area contributed by atoms with E-state index in [-0.39, 0.29) is 5.03 Å². The number of nitrogens with one attached hydrogen (secondary N) is 2. The van der Waals surface area contributed by atoms with Gasteiger partial charge in [-0.1, -0.05) is 22.0 Å². The highest BCUT2D eigenvalue weighted by Gasteiger charge is 2.16. The molecule has 1 aromatic carbocycles. The second-order valence-corrected chi connectivity index (χ2v) is 6.05. The van der Waals surface area contributed by atoms with Gasteiger partial charge in [0.15, 0.2) is 5.03 Å². The molecule has 0 aliphatic carbocycles. The summed E-state index contributed by atoms with van der Waals surface area (Å²) in [6.07, 6.45) is 2.58. The maximum atomic E-state index is 11.9. The molecule has 0 amide bonds. The van der Waals surface area contributed by atoms with E-state index in [1.807, 2.05) is 19.1 Å². The van der Waals surface area contributed by atoms with Crippen molar-refractivity contribution in [2.45, 2.75) is 11.9 Å². The normalized spacial score (nSPS) is 11.4. The highest BCUT2D eigenvalue weighted by atomic mass is 79.9. The quantitative estimate of drug-likeness (QED) is 0.912. The molecule has 0 unspecified atom stereocenters. The van der Waals surface area contributed by atoms with Gasteiger partial charge in [0.1, 0.15) is 0 Å². The first kappa shape index (κ1) is 12.1. The fourth-order valence-electron chi connectivity index (χ4n) is 1.29. The molecule has 90 valence electrons. The Balaban J connectivity index is 2.36. The summed E-state index contributed by atoms with van der Waals surface area (Å²) in [7, 11) is -3.60. The molecular formula is C10H10BrN3O2S. The fraction of sp³-hybridized carbons (Fsp3) is 0.100. The first-order chi connectivity index (χ1) is 7.99. The predicted molar refractivity (Wildman–Crippen MR) is 68.3 cm³/mol. The number of H-pyrrole nitrogens is 1. The van der Waals surface area contributed by atoms with Crippen LogP contribution in [0.2, 0.25) is 0 Å². The van der Waals surface area contributed by atoms with Crippen LogP contribution in [0.1, 0.15) is 5.56 Å². The van der Waals surface area contributed by atoms with Gasteiger partial charge >= 0.3 is 0 Å². The third kappa shape index (κ3) is 2.67. The first-order valence-electron chi connectivity index (χ1n) is 4.76. The molecule has 1 heterocycles. The van der Waals surface area contributed by atoms with Crippen LogP contribution in [0.4, 0.5) is 5.69 Å². The van der Waals surface area contributed by atoms with Gasteiger partial charge in [-0.25, -0.2) is 4.98 Å². The van der Waals surface area contributed by atoms with E-state index in [4.69, 9.17) is 0 Å². The Hall–Kier alpha value is -1.34. The molecule has 0 saturated heterocycles. The number of hydrogen-bond acceptors (Lipinski definition) is 3. The number of halogens is 1. The average molecular weight is 316 g/mol. The molecule has 1 aromatic heterocycles. The Morgan fingerprint density at radius 3 is 2.82 bits per heavy atom. The minimum atomic E-state index is -3.60. The summed E-state index contributed by atoms with van der Waals surface area (Å²) in [5, 5.41) is 0.0388. The van der Waals surface area contributed by atoms with Gasteiger partial charge in [-0.15, -0.1) is 0 Å². The van der Waals surface area contributed by atoms with Gasteiger partial charge in [-0.05, 0) is 24.6 Å². The molecule has 2 aromatic rings. The van der Waals surface area contributed by atoms with Crippen LogP contribution < -0.4 is 4.72 Å². The minimum Gasteiger partial charge on any atom is -0.334 e. The Bertz CT molecular complexity index is 623. The molecule has 0 bridgehead atoms. The summed E-state index contributed by atoms with van der Waals surface area (Å²) in [5.74, 6) is 0. The number of anilines is 1. The SMILES string of the molecule is Cc1ccc(Br)cc1NS(=O)(=O)c1cnc[nH]1. The number of nitrogens with zero attached hydrogens (tertiary/aromatic N) is 1. The van der Waals surface area contributed by atoms with Crippen LogP contribution in [-0.4, -0.2) is 18.4 Å². The smallest absolute Gasteiger partial charge is 0.278 e. The van der Waals surface area contributed by atoms with Gasteiger partial charge in [0, 0.05) is 4.47 Å². The molecule has 17 heavy (non-hydrogen) atoms. The summed E-state index contributed by atoms with van der Waals surface area (Å²) in [5.41, 5.74) is 1.38. The predicted octanol–water partition coefficient (Wildman–Crippen LogP) is 2.28. The van der Waals surface area contributed by atoms with Crippen molar-refractivity contribution in [2.24, 2.45) is 0 Å². The van der Waals surface area contributed by atoms with E-state index in [0.29, 0.717) is 5.69 Å². The Labute approximate surface area is 107 Å². The number of aromatic nitrogens is 2. The Morgan fingerprint density at radius 2 is 2.18 bits per heavy atom. The van der Waals surface area contributed by atoms with E-state index < -0.39 is 10.0 Å². The van der Waals surface area contributed by atoms with E-state index in [9.17, 15) is 8.42 Å². The molecule has 2 rings (SSSR count). The van der Waals surface area contributed by atoms with Crippen LogP contribution >= 0.6 is 15.9 Å². The molecule has 5 nitrogen and oxygen atoms in total. The van der Waals surface area contributed by atoms with Crippen LogP contribution in [0, 0.1) is 6.92 Å². The standard InChI is InChI=1S/C10H10BrN3O2S/c1-7-2-3-8(11)4-9(7)14-17(15,16)10-5-12-6-13-10/h2-6,14H,1H3,(H,12,13). The number of hydrogen-bond donors (Lipinski definition) is 2. The van der Waals surface area contributed by atoms with Crippen molar-refractivity contribution >= 4 is 31.6 Å². The molecule has 0 spiro atoms. The minimum absolute atomic E-state index is 0.0388. The van der Waals surface area contributed by atoms with Gasteiger partial charge in [-0.3, -0.25) is 4.72 Å². The van der Waals surface area contributed by atoms with Gasteiger partial charge in [-0.2, -0.15) is 8.42 Å². The van der Waals surface area contributed by atoms with E-state index in [1.165, 1.54) is 12.5 Å².